The Morgan fingerprint density at radius 1 is 1.33 bits per heavy atom. The van der Waals surface area contributed by atoms with E-state index in [1.807, 2.05) is 0 Å². The lowest BCUT2D eigenvalue weighted by Gasteiger charge is -2.33. The van der Waals surface area contributed by atoms with E-state index in [9.17, 15) is 0 Å². The van der Waals surface area contributed by atoms with Crippen molar-refractivity contribution in [3.8, 4) is 0 Å². The van der Waals surface area contributed by atoms with Gasteiger partial charge in [0.1, 0.15) is 0 Å². The molecular formula is C11H21N3O. The van der Waals surface area contributed by atoms with Crippen molar-refractivity contribution < 1.29 is 4.74 Å². The molecule has 0 aromatic rings. The maximum atomic E-state index is 5.34. The lowest BCUT2D eigenvalue weighted by Crippen LogP contribution is -2.43. The summed E-state index contributed by atoms with van der Waals surface area (Å²) in [5.74, 6) is 1.18. The quantitative estimate of drug-likeness (QED) is 0.663. The summed E-state index contributed by atoms with van der Waals surface area (Å²) in [5.41, 5.74) is 0. The zero-order chi connectivity index (χ0) is 10.7. The first kappa shape index (κ1) is 10.9. The van der Waals surface area contributed by atoms with Gasteiger partial charge in [0.25, 0.3) is 0 Å². The third-order valence-electron chi connectivity index (χ3n) is 3.29. The average molecular weight is 211 g/mol. The lowest BCUT2D eigenvalue weighted by molar-refractivity contribution is 0.0345. The van der Waals surface area contributed by atoms with E-state index in [-0.39, 0.29) is 0 Å². The molecule has 1 saturated heterocycles. The maximum Gasteiger partial charge on any atom is 0.0958 e. The Morgan fingerprint density at radius 2 is 2.07 bits per heavy atom. The molecule has 4 heteroatoms. The van der Waals surface area contributed by atoms with Gasteiger partial charge in [-0.2, -0.15) is 0 Å². The third-order valence-corrected chi connectivity index (χ3v) is 3.29. The molecule has 1 atom stereocenters. The molecule has 0 aromatic carbocycles. The first-order chi connectivity index (χ1) is 7.25. The molecule has 2 heterocycles. The van der Waals surface area contributed by atoms with Crippen LogP contribution in [0.5, 0.6) is 0 Å². The number of aliphatic imine (C=N–C) groups is 1. The molecule has 1 unspecified atom stereocenters. The topological polar surface area (TPSA) is 28.1 Å². The van der Waals surface area contributed by atoms with Gasteiger partial charge in [-0.3, -0.25) is 9.89 Å². The molecule has 0 bridgehead atoms. The van der Waals surface area contributed by atoms with Crippen LogP contribution < -0.4 is 0 Å². The summed E-state index contributed by atoms with van der Waals surface area (Å²) in [7, 11) is 2.11. The van der Waals surface area contributed by atoms with Crippen LogP contribution in [0, 0.1) is 0 Å². The molecule has 2 rings (SSSR count). The van der Waals surface area contributed by atoms with Gasteiger partial charge >= 0.3 is 0 Å². The van der Waals surface area contributed by atoms with Gasteiger partial charge in [-0.1, -0.05) is 0 Å². The van der Waals surface area contributed by atoms with Crippen LogP contribution in [0.15, 0.2) is 4.99 Å². The second kappa shape index (κ2) is 4.94. The normalized spacial score (nSPS) is 29.1. The molecular weight excluding hydrogens is 190 g/mol. The molecule has 0 amide bonds. The molecule has 0 saturated carbocycles. The third kappa shape index (κ3) is 2.92. The largest absolute Gasteiger partial charge is 0.379 e. The monoisotopic (exact) mass is 211 g/mol. The van der Waals surface area contributed by atoms with Crippen molar-refractivity contribution in [3.05, 3.63) is 0 Å². The van der Waals surface area contributed by atoms with Crippen LogP contribution >= 0.6 is 0 Å². The first-order valence-corrected chi connectivity index (χ1v) is 5.81. The summed E-state index contributed by atoms with van der Waals surface area (Å²) in [6.07, 6.45) is 1.19. The molecule has 2 aliphatic heterocycles. The predicted octanol–water partition coefficient (Wildman–Crippen LogP) is 0.441. The molecule has 15 heavy (non-hydrogen) atoms. The van der Waals surface area contributed by atoms with Crippen molar-refractivity contribution in [3.63, 3.8) is 0 Å². The van der Waals surface area contributed by atoms with E-state index in [1.54, 1.807) is 0 Å². The summed E-state index contributed by atoms with van der Waals surface area (Å²) in [6, 6.07) is 0.499. The van der Waals surface area contributed by atoms with Crippen LogP contribution in [-0.4, -0.2) is 68.1 Å². The van der Waals surface area contributed by atoms with Crippen molar-refractivity contribution in [2.45, 2.75) is 19.4 Å². The molecule has 4 nitrogen and oxygen atoms in total. The molecule has 0 aliphatic carbocycles. The number of rotatable bonds is 2. The second-order valence-electron chi connectivity index (χ2n) is 4.45. The fraction of sp³-hybridized carbons (Fsp3) is 0.909. The van der Waals surface area contributed by atoms with E-state index in [1.165, 1.54) is 12.3 Å². The standard InChI is InChI=1S/C11H21N3O/c1-10-12-11(3-4-13(10)2)9-14-5-7-15-8-6-14/h11H,3-9H2,1-2H3. The van der Waals surface area contributed by atoms with Gasteiger partial charge < -0.3 is 9.64 Å². The Kier molecular flexibility index (Phi) is 3.59. The summed E-state index contributed by atoms with van der Waals surface area (Å²) < 4.78 is 5.34. The fourth-order valence-electron chi connectivity index (χ4n) is 2.15. The van der Waals surface area contributed by atoms with E-state index in [2.05, 4.69) is 23.8 Å². The number of hydrogen-bond donors (Lipinski definition) is 0. The van der Waals surface area contributed by atoms with Crippen LogP contribution in [0.2, 0.25) is 0 Å². The average Bonchev–Trinajstić information content (AvgIpc) is 2.25. The Hall–Kier alpha value is -0.610. The van der Waals surface area contributed by atoms with Crippen molar-refractivity contribution in [2.24, 2.45) is 4.99 Å². The SMILES string of the molecule is CC1=NC(CN2CCOCC2)CCN1C. The number of amidine groups is 1. The molecule has 2 aliphatic rings. The van der Waals surface area contributed by atoms with Gasteiger partial charge in [-0.05, 0) is 13.3 Å². The molecule has 0 aromatic heterocycles. The lowest BCUT2D eigenvalue weighted by atomic mass is 10.1. The van der Waals surface area contributed by atoms with Crippen molar-refractivity contribution >= 4 is 5.84 Å². The Balaban J connectivity index is 1.84. The zero-order valence-electron chi connectivity index (χ0n) is 9.78. The van der Waals surface area contributed by atoms with E-state index >= 15 is 0 Å². The first-order valence-electron chi connectivity index (χ1n) is 5.81. The number of ether oxygens (including phenoxy) is 1. The summed E-state index contributed by atoms with van der Waals surface area (Å²) >= 11 is 0. The number of hydrogen-bond acceptors (Lipinski definition) is 4. The molecule has 1 fully saturated rings. The van der Waals surface area contributed by atoms with Crippen molar-refractivity contribution in [2.75, 3.05) is 46.4 Å². The van der Waals surface area contributed by atoms with Crippen LogP contribution in [0.4, 0.5) is 0 Å². The van der Waals surface area contributed by atoms with Gasteiger partial charge in [0.05, 0.1) is 25.1 Å². The van der Waals surface area contributed by atoms with Gasteiger partial charge in [0.15, 0.2) is 0 Å². The summed E-state index contributed by atoms with van der Waals surface area (Å²) in [4.78, 5) is 9.42. The van der Waals surface area contributed by atoms with Crippen molar-refractivity contribution in [1.82, 2.24) is 9.80 Å². The second-order valence-corrected chi connectivity index (χ2v) is 4.45. The summed E-state index contributed by atoms with van der Waals surface area (Å²) in [5, 5.41) is 0. The fourth-order valence-corrected chi connectivity index (χ4v) is 2.15. The Bertz CT molecular complexity index is 236. The van der Waals surface area contributed by atoms with E-state index in [4.69, 9.17) is 9.73 Å². The van der Waals surface area contributed by atoms with Crippen LogP contribution in [0.25, 0.3) is 0 Å². The zero-order valence-corrected chi connectivity index (χ0v) is 9.78. The van der Waals surface area contributed by atoms with Crippen molar-refractivity contribution in [1.29, 1.82) is 0 Å². The van der Waals surface area contributed by atoms with Crippen LogP contribution in [0.3, 0.4) is 0 Å². The molecule has 0 radical (unpaired) electrons. The van der Waals surface area contributed by atoms with E-state index in [0.717, 1.165) is 39.4 Å². The van der Waals surface area contributed by atoms with E-state index < -0.39 is 0 Å². The predicted molar refractivity (Wildman–Crippen MR) is 61.4 cm³/mol. The van der Waals surface area contributed by atoms with Crippen LogP contribution in [-0.2, 0) is 4.74 Å². The highest BCUT2D eigenvalue weighted by atomic mass is 16.5. The maximum absolute atomic E-state index is 5.34. The minimum Gasteiger partial charge on any atom is -0.379 e. The Labute approximate surface area is 91.9 Å². The van der Waals surface area contributed by atoms with Gasteiger partial charge in [0.2, 0.25) is 0 Å². The Morgan fingerprint density at radius 3 is 2.73 bits per heavy atom. The van der Waals surface area contributed by atoms with Gasteiger partial charge in [-0.25, -0.2) is 0 Å². The molecule has 0 spiro atoms. The minimum atomic E-state index is 0.499. The highest BCUT2D eigenvalue weighted by molar-refractivity contribution is 5.80. The van der Waals surface area contributed by atoms with Gasteiger partial charge in [-0.15, -0.1) is 0 Å². The highest BCUT2D eigenvalue weighted by Crippen LogP contribution is 2.11. The molecule has 86 valence electrons. The summed E-state index contributed by atoms with van der Waals surface area (Å²) in [6.45, 7) is 8.26. The molecule has 0 N–H and O–H groups in total. The highest BCUT2D eigenvalue weighted by Gasteiger charge is 2.20. The van der Waals surface area contributed by atoms with Gasteiger partial charge in [0, 0.05) is 33.2 Å². The minimum absolute atomic E-state index is 0.499. The van der Waals surface area contributed by atoms with E-state index in [0.29, 0.717) is 6.04 Å². The smallest absolute Gasteiger partial charge is 0.0958 e. The number of nitrogens with zero attached hydrogens (tertiary/aromatic N) is 3. The number of morpholine rings is 1. The van der Waals surface area contributed by atoms with Crippen LogP contribution in [0.1, 0.15) is 13.3 Å².